The molecule has 3 N–H and O–H groups in total. The van der Waals surface area contributed by atoms with Gasteiger partial charge in [0, 0.05) is 17.3 Å². The van der Waals surface area contributed by atoms with Crippen molar-refractivity contribution >= 4 is 15.7 Å². The minimum atomic E-state index is -3.72. The number of nitrogens with two attached hydrogens (primary N) is 1. The molecule has 0 saturated carbocycles. The zero-order valence-corrected chi connectivity index (χ0v) is 10.9. The molecule has 6 heteroatoms. The van der Waals surface area contributed by atoms with Crippen molar-refractivity contribution in [1.29, 1.82) is 0 Å². The van der Waals surface area contributed by atoms with E-state index in [4.69, 9.17) is 5.73 Å². The third-order valence-electron chi connectivity index (χ3n) is 2.58. The van der Waals surface area contributed by atoms with Crippen molar-refractivity contribution in [2.75, 3.05) is 5.73 Å². The van der Waals surface area contributed by atoms with Crippen molar-refractivity contribution in [3.63, 3.8) is 0 Å². The van der Waals surface area contributed by atoms with E-state index in [-0.39, 0.29) is 22.2 Å². The van der Waals surface area contributed by atoms with Gasteiger partial charge in [0.15, 0.2) is 0 Å². The molecule has 0 aliphatic rings. The first-order chi connectivity index (χ1) is 7.77. The Bertz CT molecular complexity index is 514. The zero-order chi connectivity index (χ0) is 13.2. The van der Waals surface area contributed by atoms with E-state index in [1.165, 1.54) is 13.0 Å². The molecule has 17 heavy (non-hydrogen) atoms. The number of sulfonamides is 1. The molecule has 0 saturated heterocycles. The predicted molar refractivity (Wildman–Crippen MR) is 65.6 cm³/mol. The largest absolute Gasteiger partial charge is 0.399 e. The van der Waals surface area contributed by atoms with Crippen molar-refractivity contribution in [2.24, 2.45) is 0 Å². The highest BCUT2D eigenvalue weighted by Crippen LogP contribution is 2.22. The fourth-order valence-electron chi connectivity index (χ4n) is 1.36. The Morgan fingerprint density at radius 3 is 2.59 bits per heavy atom. The first-order valence-corrected chi connectivity index (χ1v) is 6.84. The van der Waals surface area contributed by atoms with Gasteiger partial charge in [0.25, 0.3) is 0 Å². The van der Waals surface area contributed by atoms with Gasteiger partial charge < -0.3 is 5.73 Å². The van der Waals surface area contributed by atoms with E-state index >= 15 is 0 Å². The van der Waals surface area contributed by atoms with E-state index in [0.29, 0.717) is 6.42 Å². The third kappa shape index (κ3) is 3.17. The molecule has 0 aliphatic carbocycles. The van der Waals surface area contributed by atoms with Gasteiger partial charge in [-0.1, -0.05) is 6.92 Å². The normalized spacial score (nSPS) is 13.6. The molecule has 1 aromatic rings. The minimum absolute atomic E-state index is 0.0787. The number of benzene rings is 1. The van der Waals surface area contributed by atoms with Crippen molar-refractivity contribution in [1.82, 2.24) is 4.72 Å². The standard InChI is InChI=1S/C11H17FN2O2S/c1-4-7(2)14-17(15,16)11-6-9(13)5-10(12)8(11)3/h5-7,14H,4,13H2,1-3H3. The number of nitrogens with one attached hydrogen (secondary N) is 1. The summed E-state index contributed by atoms with van der Waals surface area (Å²) in [5.41, 5.74) is 5.63. The average Bonchev–Trinajstić information content (AvgIpc) is 2.22. The highest BCUT2D eigenvalue weighted by molar-refractivity contribution is 7.89. The summed E-state index contributed by atoms with van der Waals surface area (Å²) in [6.45, 7) is 5.02. The topological polar surface area (TPSA) is 72.2 Å². The van der Waals surface area contributed by atoms with Crippen LogP contribution in [0, 0.1) is 12.7 Å². The van der Waals surface area contributed by atoms with Gasteiger partial charge in [-0.15, -0.1) is 0 Å². The van der Waals surface area contributed by atoms with Crippen molar-refractivity contribution in [3.8, 4) is 0 Å². The SMILES string of the molecule is CCC(C)NS(=O)(=O)c1cc(N)cc(F)c1C. The van der Waals surface area contributed by atoms with Crippen LogP contribution in [0.1, 0.15) is 25.8 Å². The van der Waals surface area contributed by atoms with Gasteiger partial charge in [-0.2, -0.15) is 0 Å². The Balaban J connectivity index is 3.24. The third-order valence-corrected chi connectivity index (χ3v) is 4.29. The van der Waals surface area contributed by atoms with Crippen LogP contribution in [0.2, 0.25) is 0 Å². The van der Waals surface area contributed by atoms with Gasteiger partial charge in [-0.05, 0) is 32.4 Å². The summed E-state index contributed by atoms with van der Waals surface area (Å²) in [7, 11) is -3.72. The summed E-state index contributed by atoms with van der Waals surface area (Å²) < 4.78 is 39.9. The lowest BCUT2D eigenvalue weighted by molar-refractivity contribution is 0.552. The van der Waals surface area contributed by atoms with Crippen LogP contribution in [0.4, 0.5) is 10.1 Å². The highest BCUT2D eigenvalue weighted by atomic mass is 32.2. The van der Waals surface area contributed by atoms with E-state index in [1.807, 2.05) is 6.92 Å². The van der Waals surface area contributed by atoms with Gasteiger partial charge in [0.2, 0.25) is 10.0 Å². The van der Waals surface area contributed by atoms with Gasteiger partial charge >= 0.3 is 0 Å². The summed E-state index contributed by atoms with van der Waals surface area (Å²) in [6.07, 6.45) is 0.656. The van der Waals surface area contributed by atoms with Gasteiger partial charge in [0.05, 0.1) is 4.90 Å². The molecule has 1 atom stereocenters. The van der Waals surface area contributed by atoms with Crippen LogP contribution in [0.3, 0.4) is 0 Å². The Morgan fingerprint density at radius 1 is 1.47 bits per heavy atom. The molecule has 0 fully saturated rings. The zero-order valence-electron chi connectivity index (χ0n) is 10.1. The molecule has 0 radical (unpaired) electrons. The first kappa shape index (κ1) is 13.9. The van der Waals surface area contributed by atoms with E-state index in [9.17, 15) is 12.8 Å². The molecule has 4 nitrogen and oxygen atoms in total. The van der Waals surface area contributed by atoms with Crippen LogP contribution in [0.25, 0.3) is 0 Å². The smallest absolute Gasteiger partial charge is 0.241 e. The molecular formula is C11H17FN2O2S. The van der Waals surface area contributed by atoms with Crippen LogP contribution in [0.15, 0.2) is 17.0 Å². The predicted octanol–water partition coefficient (Wildman–Crippen LogP) is 1.79. The molecule has 0 heterocycles. The molecule has 0 amide bonds. The number of anilines is 1. The summed E-state index contributed by atoms with van der Waals surface area (Å²) in [6, 6.07) is 2.17. The number of halogens is 1. The van der Waals surface area contributed by atoms with E-state index in [1.54, 1.807) is 6.92 Å². The number of hydrogen-bond acceptors (Lipinski definition) is 3. The Kier molecular flexibility index (Phi) is 4.11. The second kappa shape index (κ2) is 5.01. The average molecular weight is 260 g/mol. The van der Waals surface area contributed by atoms with Gasteiger partial charge in [-0.25, -0.2) is 17.5 Å². The Morgan fingerprint density at radius 2 is 2.06 bits per heavy atom. The summed E-state index contributed by atoms with van der Waals surface area (Å²) in [4.78, 5) is -0.102. The van der Waals surface area contributed by atoms with E-state index < -0.39 is 15.8 Å². The van der Waals surface area contributed by atoms with Crippen LogP contribution in [-0.2, 0) is 10.0 Å². The molecule has 1 unspecified atom stereocenters. The second-order valence-corrected chi connectivity index (χ2v) is 5.74. The van der Waals surface area contributed by atoms with E-state index in [0.717, 1.165) is 6.07 Å². The number of rotatable bonds is 4. The minimum Gasteiger partial charge on any atom is -0.399 e. The van der Waals surface area contributed by atoms with E-state index in [2.05, 4.69) is 4.72 Å². The van der Waals surface area contributed by atoms with Crippen molar-refractivity contribution in [2.45, 2.75) is 38.1 Å². The highest BCUT2D eigenvalue weighted by Gasteiger charge is 2.21. The monoisotopic (exact) mass is 260 g/mol. The van der Waals surface area contributed by atoms with Crippen LogP contribution in [0.5, 0.6) is 0 Å². The maximum absolute atomic E-state index is 13.4. The molecule has 1 rings (SSSR count). The maximum atomic E-state index is 13.4. The molecule has 0 bridgehead atoms. The number of hydrogen-bond donors (Lipinski definition) is 2. The van der Waals surface area contributed by atoms with Gasteiger partial charge in [0.1, 0.15) is 5.82 Å². The second-order valence-electron chi connectivity index (χ2n) is 4.06. The molecule has 0 aromatic heterocycles. The van der Waals surface area contributed by atoms with Crippen LogP contribution in [-0.4, -0.2) is 14.5 Å². The van der Waals surface area contributed by atoms with Crippen LogP contribution < -0.4 is 10.5 Å². The summed E-state index contributed by atoms with van der Waals surface area (Å²) in [5.74, 6) is -0.616. The Hall–Kier alpha value is -1.14. The molecule has 96 valence electrons. The fraction of sp³-hybridized carbons (Fsp3) is 0.455. The number of nitrogen functional groups attached to an aromatic ring is 1. The van der Waals surface area contributed by atoms with Crippen LogP contribution >= 0.6 is 0 Å². The summed E-state index contributed by atoms with van der Waals surface area (Å²) >= 11 is 0. The lowest BCUT2D eigenvalue weighted by atomic mass is 10.2. The first-order valence-electron chi connectivity index (χ1n) is 5.36. The van der Waals surface area contributed by atoms with Crippen molar-refractivity contribution < 1.29 is 12.8 Å². The summed E-state index contributed by atoms with van der Waals surface area (Å²) in [5, 5.41) is 0. The molecule has 0 aliphatic heterocycles. The van der Waals surface area contributed by atoms with Gasteiger partial charge in [-0.3, -0.25) is 0 Å². The lowest BCUT2D eigenvalue weighted by Gasteiger charge is -2.14. The molecule has 0 spiro atoms. The fourth-order valence-corrected chi connectivity index (χ4v) is 2.98. The Labute approximate surface area is 101 Å². The van der Waals surface area contributed by atoms with Crippen molar-refractivity contribution in [3.05, 3.63) is 23.5 Å². The lowest BCUT2D eigenvalue weighted by Crippen LogP contribution is -2.32. The molecular weight excluding hydrogens is 243 g/mol. The maximum Gasteiger partial charge on any atom is 0.241 e. The quantitative estimate of drug-likeness (QED) is 0.811. The molecule has 1 aromatic carbocycles.